The number of halogens is 1. The summed E-state index contributed by atoms with van der Waals surface area (Å²) in [6.07, 6.45) is 2.58. The molecule has 0 aliphatic rings. The van der Waals surface area contributed by atoms with E-state index < -0.39 is 11.7 Å². The number of aromatic nitrogens is 2. The molecule has 0 aliphatic carbocycles. The Labute approximate surface area is 180 Å². The van der Waals surface area contributed by atoms with Crippen LogP contribution in [0.15, 0.2) is 24.3 Å². The molecular weight excluding hydrogens is 467 g/mol. The Morgan fingerprint density at radius 2 is 1.93 bits per heavy atom. The largest absolute Gasteiger partial charge is 0.444 e. The van der Waals surface area contributed by atoms with Crippen molar-refractivity contribution >= 4 is 28.7 Å². The van der Waals surface area contributed by atoms with E-state index in [1.54, 1.807) is 0 Å². The van der Waals surface area contributed by atoms with Crippen LogP contribution >= 0.6 is 22.6 Å². The predicted molar refractivity (Wildman–Crippen MR) is 117 cm³/mol. The minimum absolute atomic E-state index is 0.415. The van der Waals surface area contributed by atoms with E-state index in [0.717, 1.165) is 39.9 Å². The summed E-state index contributed by atoms with van der Waals surface area (Å²) >= 11 is 2.19. The number of rotatable bonds is 7. The smallest absolute Gasteiger partial charge is 0.407 e. The van der Waals surface area contributed by atoms with E-state index in [0.29, 0.717) is 18.8 Å². The van der Waals surface area contributed by atoms with Crippen molar-refractivity contribution < 1.29 is 9.53 Å². The molecule has 0 aliphatic heterocycles. The van der Waals surface area contributed by atoms with E-state index in [9.17, 15) is 10.1 Å². The van der Waals surface area contributed by atoms with Crippen molar-refractivity contribution in [1.82, 2.24) is 14.9 Å². The Morgan fingerprint density at radius 1 is 1.29 bits per heavy atom. The van der Waals surface area contributed by atoms with E-state index in [1.165, 1.54) is 0 Å². The molecule has 0 atom stereocenters. The third-order valence-electron chi connectivity index (χ3n) is 4.04. The summed E-state index contributed by atoms with van der Waals surface area (Å²) in [5, 5.41) is 12.0. The monoisotopic (exact) mass is 494 g/mol. The lowest BCUT2D eigenvalue weighted by Crippen LogP contribution is -2.32. The number of hydrogen-bond donors (Lipinski definition) is 1. The van der Waals surface area contributed by atoms with Gasteiger partial charge in [-0.05, 0) is 60.9 Å². The number of benzene rings is 1. The van der Waals surface area contributed by atoms with Crippen LogP contribution in [0.25, 0.3) is 0 Å². The average Bonchev–Trinajstić information content (AvgIpc) is 2.93. The van der Waals surface area contributed by atoms with E-state index in [-0.39, 0.29) is 0 Å². The zero-order valence-corrected chi connectivity index (χ0v) is 19.0. The SMILES string of the molecule is CCCCc1nc(C#N)c(I)n1Cc1ccc(CNC(=O)OC(C)(C)C)cc1. The van der Waals surface area contributed by atoms with E-state index in [4.69, 9.17) is 4.74 Å². The Kier molecular flexibility index (Phi) is 7.87. The van der Waals surface area contributed by atoms with Crippen LogP contribution in [0.3, 0.4) is 0 Å². The van der Waals surface area contributed by atoms with Crippen LogP contribution in [0.5, 0.6) is 0 Å². The van der Waals surface area contributed by atoms with Crippen molar-refractivity contribution in [3.05, 3.63) is 50.6 Å². The van der Waals surface area contributed by atoms with Gasteiger partial charge in [-0.15, -0.1) is 0 Å². The fourth-order valence-corrected chi connectivity index (χ4v) is 3.36. The van der Waals surface area contributed by atoms with Gasteiger partial charge < -0.3 is 14.6 Å². The number of carbonyl (C=O) groups excluding carboxylic acids is 1. The number of unbranched alkanes of at least 4 members (excludes halogenated alkanes) is 1. The van der Waals surface area contributed by atoms with Crippen molar-refractivity contribution in [1.29, 1.82) is 5.26 Å². The molecule has 0 spiro atoms. The minimum Gasteiger partial charge on any atom is -0.444 e. The molecule has 6 nitrogen and oxygen atoms in total. The number of amides is 1. The van der Waals surface area contributed by atoms with Crippen LogP contribution in [0, 0.1) is 15.0 Å². The Balaban J connectivity index is 2.04. The molecule has 2 rings (SSSR count). The molecule has 1 aromatic carbocycles. The first-order valence-corrected chi connectivity index (χ1v) is 10.5. The Morgan fingerprint density at radius 3 is 2.50 bits per heavy atom. The van der Waals surface area contributed by atoms with Gasteiger partial charge in [0.2, 0.25) is 0 Å². The second-order valence-electron chi connectivity index (χ2n) is 7.64. The predicted octanol–water partition coefficient (Wildman–Crippen LogP) is 4.77. The first kappa shape index (κ1) is 22.2. The maximum absolute atomic E-state index is 11.8. The fourth-order valence-electron chi connectivity index (χ4n) is 2.67. The molecule has 150 valence electrons. The molecule has 1 heterocycles. The van der Waals surface area contributed by atoms with Gasteiger partial charge in [0.05, 0.1) is 0 Å². The highest BCUT2D eigenvalue weighted by Gasteiger charge is 2.16. The number of alkyl carbamates (subject to hydrolysis) is 1. The second kappa shape index (κ2) is 9.92. The number of hydrogen-bond acceptors (Lipinski definition) is 4. The number of imidazole rings is 1. The topological polar surface area (TPSA) is 79.9 Å². The first-order valence-electron chi connectivity index (χ1n) is 9.43. The van der Waals surface area contributed by atoms with Crippen LogP contribution in [-0.2, 0) is 24.2 Å². The van der Waals surface area contributed by atoms with Crippen molar-refractivity contribution in [2.75, 3.05) is 0 Å². The average molecular weight is 494 g/mol. The number of ether oxygens (including phenoxy) is 1. The summed E-state index contributed by atoms with van der Waals surface area (Å²) in [5.41, 5.74) is 2.11. The normalized spacial score (nSPS) is 11.1. The summed E-state index contributed by atoms with van der Waals surface area (Å²) < 4.78 is 8.24. The number of carbonyl (C=O) groups is 1. The van der Waals surface area contributed by atoms with Gasteiger partial charge >= 0.3 is 6.09 Å². The number of nitriles is 1. The number of nitrogens with zero attached hydrogens (tertiary/aromatic N) is 3. The van der Waals surface area contributed by atoms with Crippen molar-refractivity contribution in [3.63, 3.8) is 0 Å². The summed E-state index contributed by atoms with van der Waals surface area (Å²) in [7, 11) is 0. The lowest BCUT2D eigenvalue weighted by atomic mass is 10.1. The highest BCUT2D eigenvalue weighted by Crippen LogP contribution is 2.18. The van der Waals surface area contributed by atoms with E-state index in [1.807, 2.05) is 45.0 Å². The summed E-state index contributed by atoms with van der Waals surface area (Å²) in [4.78, 5) is 16.3. The highest BCUT2D eigenvalue weighted by molar-refractivity contribution is 14.1. The lowest BCUT2D eigenvalue weighted by Gasteiger charge is -2.19. The second-order valence-corrected chi connectivity index (χ2v) is 8.66. The van der Waals surface area contributed by atoms with Gasteiger partial charge in [0.1, 0.15) is 21.2 Å². The molecule has 7 heteroatoms. The molecule has 0 bridgehead atoms. The van der Waals surface area contributed by atoms with Gasteiger partial charge in [0.15, 0.2) is 5.69 Å². The van der Waals surface area contributed by atoms with Gasteiger partial charge in [0.25, 0.3) is 0 Å². The van der Waals surface area contributed by atoms with Gasteiger partial charge in [0, 0.05) is 19.5 Å². The molecule has 0 fully saturated rings. The maximum Gasteiger partial charge on any atom is 0.407 e. The Hall–Kier alpha value is -2.08. The standard InChI is InChI=1S/C21H27IN4O2/c1-5-6-7-18-25-17(12-23)19(22)26(18)14-16-10-8-15(9-11-16)13-24-20(27)28-21(2,3)4/h8-11H,5-7,13-14H2,1-4H3,(H,24,27). The van der Waals surface area contributed by atoms with Gasteiger partial charge in [-0.25, -0.2) is 9.78 Å². The zero-order chi connectivity index (χ0) is 20.7. The van der Waals surface area contributed by atoms with Gasteiger partial charge in [-0.2, -0.15) is 5.26 Å². The lowest BCUT2D eigenvalue weighted by molar-refractivity contribution is 0.0523. The van der Waals surface area contributed by atoms with Crippen molar-refractivity contribution in [2.24, 2.45) is 0 Å². The van der Waals surface area contributed by atoms with Crippen LogP contribution in [0.1, 0.15) is 63.2 Å². The quantitative estimate of drug-likeness (QED) is 0.563. The molecule has 2 aromatic rings. The van der Waals surface area contributed by atoms with Crippen molar-refractivity contribution in [3.8, 4) is 6.07 Å². The number of nitrogens with one attached hydrogen (secondary N) is 1. The zero-order valence-electron chi connectivity index (χ0n) is 16.9. The molecule has 0 radical (unpaired) electrons. The minimum atomic E-state index is -0.506. The summed E-state index contributed by atoms with van der Waals surface area (Å²) in [5.74, 6) is 0.957. The Bertz CT molecular complexity index is 845. The third kappa shape index (κ3) is 6.51. The molecule has 1 aromatic heterocycles. The third-order valence-corrected chi connectivity index (χ3v) is 5.14. The maximum atomic E-state index is 11.8. The van der Waals surface area contributed by atoms with Crippen LogP contribution in [-0.4, -0.2) is 21.2 Å². The molecule has 1 amide bonds. The molecule has 1 N–H and O–H groups in total. The molecule has 0 saturated heterocycles. The summed E-state index contributed by atoms with van der Waals surface area (Å²) in [6, 6.07) is 10.2. The van der Waals surface area contributed by atoms with E-state index in [2.05, 4.69) is 50.5 Å². The fraction of sp³-hybridized carbons (Fsp3) is 0.476. The highest BCUT2D eigenvalue weighted by atomic mass is 127. The molecule has 0 unspecified atom stereocenters. The molecule has 0 saturated carbocycles. The molecular formula is C21H27IN4O2. The first-order chi connectivity index (χ1) is 13.2. The van der Waals surface area contributed by atoms with E-state index >= 15 is 0 Å². The molecule has 28 heavy (non-hydrogen) atoms. The van der Waals surface area contributed by atoms with Crippen LogP contribution in [0.4, 0.5) is 4.79 Å². The van der Waals surface area contributed by atoms with Gasteiger partial charge in [-0.1, -0.05) is 37.6 Å². The van der Waals surface area contributed by atoms with Gasteiger partial charge in [-0.3, -0.25) is 0 Å². The van der Waals surface area contributed by atoms with Crippen molar-refractivity contribution in [2.45, 2.75) is 65.6 Å². The summed E-state index contributed by atoms with van der Waals surface area (Å²) in [6.45, 7) is 8.75. The van der Waals surface area contributed by atoms with Crippen LogP contribution in [0.2, 0.25) is 0 Å². The number of aryl methyl sites for hydroxylation is 1. The van der Waals surface area contributed by atoms with Crippen LogP contribution < -0.4 is 5.32 Å².